The maximum Gasteiger partial charge on any atom is 0.175 e. The number of H-pyrrole nitrogens is 1. The third kappa shape index (κ3) is 4.16. The van der Waals surface area contributed by atoms with Crippen LogP contribution in [-0.4, -0.2) is 34.8 Å². The van der Waals surface area contributed by atoms with Gasteiger partial charge in [0, 0.05) is 30.1 Å². The number of nitrogens with one attached hydrogen (secondary N) is 2. The molecule has 0 spiro atoms. The predicted molar refractivity (Wildman–Crippen MR) is 105 cm³/mol. The molecule has 142 valence electrons. The minimum Gasteiger partial charge on any atom is -0.323 e. The molecule has 0 amide bonds. The molecule has 0 aliphatic heterocycles. The van der Waals surface area contributed by atoms with Crippen LogP contribution in [-0.2, 0) is 16.3 Å². The van der Waals surface area contributed by atoms with Crippen LogP contribution in [0.3, 0.4) is 0 Å². The van der Waals surface area contributed by atoms with E-state index < -0.39 is 9.84 Å². The van der Waals surface area contributed by atoms with E-state index in [1.807, 2.05) is 27.7 Å². The Hall–Kier alpha value is -2.74. The lowest BCUT2D eigenvalue weighted by Gasteiger charge is -2.12. The van der Waals surface area contributed by atoms with Gasteiger partial charge in [-0.3, -0.25) is 5.10 Å². The van der Waals surface area contributed by atoms with Gasteiger partial charge in [-0.05, 0) is 62.6 Å². The molecular weight excluding hydrogens is 362 g/mol. The zero-order valence-electron chi connectivity index (χ0n) is 16.1. The van der Waals surface area contributed by atoms with E-state index in [2.05, 4.69) is 25.5 Å². The molecule has 0 atom stereocenters. The normalized spacial score (nSPS) is 11.6. The van der Waals surface area contributed by atoms with Crippen molar-refractivity contribution in [3.8, 4) is 0 Å². The largest absolute Gasteiger partial charge is 0.323 e. The molecule has 0 radical (unpaired) electrons. The van der Waals surface area contributed by atoms with E-state index in [1.54, 1.807) is 24.4 Å². The smallest absolute Gasteiger partial charge is 0.175 e. The summed E-state index contributed by atoms with van der Waals surface area (Å²) >= 11 is 0. The minimum atomic E-state index is -3.27. The van der Waals surface area contributed by atoms with Gasteiger partial charge in [0.05, 0.1) is 4.90 Å². The molecule has 0 aliphatic carbocycles. The number of aromatic nitrogens is 4. The summed E-state index contributed by atoms with van der Waals surface area (Å²) in [6.45, 7) is 7.83. The highest BCUT2D eigenvalue weighted by atomic mass is 32.2. The standard InChI is InChI=1S/C19H23N5O2S/c1-11-8-16(27(5,25)26)9-15(12(11)2)10-18-20-7-6-17(21-18)22-19-13(3)14(4)23-24-19/h6-9H,10H2,1-5H3,(H2,20,21,22,23,24). The van der Waals surface area contributed by atoms with Gasteiger partial charge in [-0.25, -0.2) is 18.4 Å². The summed E-state index contributed by atoms with van der Waals surface area (Å²) in [6.07, 6.45) is 3.35. The summed E-state index contributed by atoms with van der Waals surface area (Å²) in [7, 11) is -3.27. The second-order valence-corrected chi connectivity index (χ2v) is 8.79. The molecule has 2 heterocycles. The Balaban J connectivity index is 1.91. The number of nitrogens with zero attached hydrogens (tertiary/aromatic N) is 3. The van der Waals surface area contributed by atoms with Gasteiger partial charge in [-0.2, -0.15) is 5.10 Å². The fourth-order valence-electron chi connectivity index (χ4n) is 2.75. The summed E-state index contributed by atoms with van der Waals surface area (Å²) in [6, 6.07) is 5.19. The van der Waals surface area contributed by atoms with Crippen LogP contribution >= 0.6 is 0 Å². The zero-order valence-corrected chi connectivity index (χ0v) is 16.9. The summed E-state index contributed by atoms with van der Waals surface area (Å²) < 4.78 is 23.9. The molecule has 7 nitrogen and oxygen atoms in total. The van der Waals surface area contributed by atoms with Gasteiger partial charge < -0.3 is 5.32 Å². The highest BCUT2D eigenvalue weighted by Gasteiger charge is 2.14. The number of anilines is 2. The van der Waals surface area contributed by atoms with Gasteiger partial charge >= 0.3 is 0 Å². The van der Waals surface area contributed by atoms with Crippen LogP contribution in [0.2, 0.25) is 0 Å². The van der Waals surface area contributed by atoms with Gasteiger partial charge in [0.15, 0.2) is 15.7 Å². The SMILES string of the molecule is Cc1cc(S(C)(=O)=O)cc(Cc2nccc(Nc3n[nH]c(C)c3C)n2)c1C. The van der Waals surface area contributed by atoms with Gasteiger partial charge in [0.25, 0.3) is 0 Å². The van der Waals surface area contributed by atoms with Crippen molar-refractivity contribution in [1.82, 2.24) is 20.2 Å². The molecular formula is C19H23N5O2S. The zero-order chi connectivity index (χ0) is 19.8. The van der Waals surface area contributed by atoms with Crippen LogP contribution in [0.15, 0.2) is 29.3 Å². The Morgan fingerprint density at radius 3 is 2.48 bits per heavy atom. The van der Waals surface area contributed by atoms with Crippen LogP contribution < -0.4 is 5.32 Å². The highest BCUT2D eigenvalue weighted by molar-refractivity contribution is 7.90. The van der Waals surface area contributed by atoms with Crippen LogP contribution in [0.1, 0.15) is 33.8 Å². The second-order valence-electron chi connectivity index (χ2n) is 6.78. The van der Waals surface area contributed by atoms with Crippen LogP contribution in [0.25, 0.3) is 0 Å². The Kier molecular flexibility index (Phi) is 5.01. The number of sulfone groups is 1. The molecule has 0 saturated carbocycles. The van der Waals surface area contributed by atoms with Crippen molar-refractivity contribution in [2.24, 2.45) is 0 Å². The molecule has 27 heavy (non-hydrogen) atoms. The molecule has 3 rings (SSSR count). The van der Waals surface area contributed by atoms with Gasteiger partial charge in [-0.15, -0.1) is 0 Å². The second kappa shape index (κ2) is 7.11. The average molecular weight is 385 g/mol. The Bertz CT molecular complexity index is 1100. The maximum atomic E-state index is 11.9. The number of aryl methyl sites for hydroxylation is 2. The van der Waals surface area contributed by atoms with Crippen LogP contribution in [0.5, 0.6) is 0 Å². The molecule has 0 saturated heterocycles. The van der Waals surface area contributed by atoms with Crippen molar-refractivity contribution in [2.45, 2.75) is 39.0 Å². The summed E-state index contributed by atoms with van der Waals surface area (Å²) in [5.74, 6) is 1.98. The van der Waals surface area contributed by atoms with Gasteiger partial charge in [-0.1, -0.05) is 0 Å². The third-order valence-electron chi connectivity index (χ3n) is 4.73. The lowest BCUT2D eigenvalue weighted by atomic mass is 10.0. The Labute approximate surface area is 159 Å². The van der Waals surface area contributed by atoms with Crippen molar-refractivity contribution in [2.75, 3.05) is 11.6 Å². The van der Waals surface area contributed by atoms with E-state index in [4.69, 9.17) is 0 Å². The van der Waals surface area contributed by atoms with E-state index in [9.17, 15) is 8.42 Å². The molecule has 0 aliphatic rings. The van der Waals surface area contributed by atoms with Gasteiger partial charge in [0.2, 0.25) is 0 Å². The fourth-order valence-corrected chi connectivity index (χ4v) is 3.49. The first-order valence-electron chi connectivity index (χ1n) is 8.56. The predicted octanol–water partition coefficient (Wildman–Crippen LogP) is 3.17. The number of rotatable bonds is 5. The first-order valence-corrected chi connectivity index (χ1v) is 10.4. The average Bonchev–Trinajstić information content (AvgIpc) is 2.90. The van der Waals surface area contributed by atoms with Gasteiger partial charge in [0.1, 0.15) is 11.6 Å². The van der Waals surface area contributed by atoms with Crippen LogP contribution in [0.4, 0.5) is 11.6 Å². The first-order chi connectivity index (χ1) is 12.6. The Morgan fingerprint density at radius 2 is 1.85 bits per heavy atom. The maximum absolute atomic E-state index is 11.9. The molecule has 0 bridgehead atoms. The number of benzene rings is 1. The van der Waals surface area contributed by atoms with Crippen molar-refractivity contribution in [1.29, 1.82) is 0 Å². The topological polar surface area (TPSA) is 101 Å². The van der Waals surface area contributed by atoms with Crippen molar-refractivity contribution < 1.29 is 8.42 Å². The summed E-state index contributed by atoms with van der Waals surface area (Å²) in [4.78, 5) is 9.21. The lowest BCUT2D eigenvalue weighted by Crippen LogP contribution is -2.05. The van der Waals surface area contributed by atoms with E-state index in [1.165, 1.54) is 6.26 Å². The number of hydrogen-bond donors (Lipinski definition) is 2. The molecule has 2 aromatic heterocycles. The van der Waals surface area contributed by atoms with Crippen molar-refractivity contribution in [3.05, 3.63) is 58.2 Å². The minimum absolute atomic E-state index is 0.317. The van der Waals surface area contributed by atoms with E-state index in [-0.39, 0.29) is 0 Å². The molecule has 8 heteroatoms. The van der Waals surface area contributed by atoms with E-state index in [0.717, 1.165) is 33.8 Å². The Morgan fingerprint density at radius 1 is 1.11 bits per heavy atom. The summed E-state index contributed by atoms with van der Waals surface area (Å²) in [5.41, 5.74) is 4.91. The quantitative estimate of drug-likeness (QED) is 0.700. The van der Waals surface area contributed by atoms with Crippen LogP contribution in [0, 0.1) is 27.7 Å². The third-order valence-corrected chi connectivity index (χ3v) is 5.82. The first kappa shape index (κ1) is 19.0. The van der Waals surface area contributed by atoms with Crippen molar-refractivity contribution in [3.63, 3.8) is 0 Å². The van der Waals surface area contributed by atoms with E-state index in [0.29, 0.717) is 23.0 Å². The highest BCUT2D eigenvalue weighted by Crippen LogP contribution is 2.23. The number of aromatic amines is 1. The van der Waals surface area contributed by atoms with E-state index >= 15 is 0 Å². The number of hydrogen-bond acceptors (Lipinski definition) is 6. The van der Waals surface area contributed by atoms with Crippen molar-refractivity contribution >= 4 is 21.5 Å². The fraction of sp³-hybridized carbons (Fsp3) is 0.316. The molecule has 0 fully saturated rings. The molecule has 3 aromatic rings. The molecule has 1 aromatic carbocycles. The summed E-state index contributed by atoms with van der Waals surface area (Å²) in [5, 5.41) is 10.3. The molecule has 0 unspecified atom stereocenters. The monoisotopic (exact) mass is 385 g/mol. The molecule has 2 N–H and O–H groups in total. The lowest BCUT2D eigenvalue weighted by molar-refractivity contribution is 0.601.